The molecular weight excluding hydrogens is 236 g/mol. The molecule has 94 valence electrons. The average Bonchev–Trinajstić information content (AvgIpc) is 2.33. The predicted octanol–water partition coefficient (Wildman–Crippen LogP) is 3.95. The van der Waals surface area contributed by atoms with Crippen molar-refractivity contribution in [1.29, 1.82) is 0 Å². The molecule has 0 amide bonds. The number of hydrogen-bond donors (Lipinski definition) is 0. The average molecular weight is 255 g/mol. The first-order valence-electron chi connectivity index (χ1n) is 6.04. The van der Waals surface area contributed by atoms with Crippen LogP contribution in [0.1, 0.15) is 41.6 Å². The lowest BCUT2D eigenvalue weighted by molar-refractivity contribution is 0.0497. The van der Waals surface area contributed by atoms with Gasteiger partial charge in [0.25, 0.3) is 0 Å². The molecule has 0 fully saturated rings. The number of esters is 1. The highest BCUT2D eigenvalue weighted by atomic mass is 35.5. The van der Waals surface area contributed by atoms with Crippen LogP contribution in [0, 0.1) is 6.92 Å². The second-order valence-corrected chi connectivity index (χ2v) is 4.49. The van der Waals surface area contributed by atoms with Crippen LogP contribution in [0.3, 0.4) is 0 Å². The zero-order valence-corrected chi connectivity index (χ0v) is 11.0. The molecular formula is C14H19ClO2. The fourth-order valence-corrected chi connectivity index (χ4v) is 1.76. The van der Waals surface area contributed by atoms with E-state index in [2.05, 4.69) is 0 Å². The van der Waals surface area contributed by atoms with Crippen LogP contribution in [0.4, 0.5) is 0 Å². The Hall–Kier alpha value is -1.02. The third-order valence-corrected chi connectivity index (χ3v) is 2.78. The van der Waals surface area contributed by atoms with E-state index < -0.39 is 0 Å². The van der Waals surface area contributed by atoms with Gasteiger partial charge in [0.2, 0.25) is 0 Å². The van der Waals surface area contributed by atoms with E-state index in [1.165, 1.54) is 0 Å². The number of carbonyl (C=O) groups excluding carboxylic acids is 1. The molecule has 1 aromatic rings. The first kappa shape index (κ1) is 14.0. The Kier molecular flexibility index (Phi) is 6.71. The van der Waals surface area contributed by atoms with Crippen LogP contribution in [0.15, 0.2) is 24.3 Å². The van der Waals surface area contributed by atoms with Gasteiger partial charge in [-0.05, 0) is 31.9 Å². The Bertz CT molecular complexity index is 350. The van der Waals surface area contributed by atoms with Crippen molar-refractivity contribution < 1.29 is 9.53 Å². The molecule has 0 saturated heterocycles. The fourth-order valence-electron chi connectivity index (χ4n) is 1.57. The summed E-state index contributed by atoms with van der Waals surface area (Å²) in [5.41, 5.74) is 1.70. The third-order valence-electron chi connectivity index (χ3n) is 2.51. The third kappa shape index (κ3) is 5.73. The van der Waals surface area contributed by atoms with Gasteiger partial charge in [0.1, 0.15) is 0 Å². The Morgan fingerprint density at radius 3 is 2.71 bits per heavy atom. The van der Waals surface area contributed by atoms with Crippen molar-refractivity contribution in [2.24, 2.45) is 0 Å². The fraction of sp³-hybridized carbons (Fsp3) is 0.500. The van der Waals surface area contributed by atoms with Crippen molar-refractivity contribution in [3.8, 4) is 0 Å². The Morgan fingerprint density at radius 2 is 2.00 bits per heavy atom. The van der Waals surface area contributed by atoms with Crippen LogP contribution >= 0.6 is 11.6 Å². The van der Waals surface area contributed by atoms with Gasteiger partial charge in [0.05, 0.1) is 12.2 Å². The van der Waals surface area contributed by atoms with Crippen LogP contribution in [0.25, 0.3) is 0 Å². The van der Waals surface area contributed by atoms with Crippen LogP contribution in [0.5, 0.6) is 0 Å². The number of aryl methyl sites for hydroxylation is 1. The largest absolute Gasteiger partial charge is 0.462 e. The lowest BCUT2D eigenvalue weighted by atomic mass is 10.1. The Morgan fingerprint density at radius 1 is 1.24 bits per heavy atom. The van der Waals surface area contributed by atoms with Gasteiger partial charge < -0.3 is 4.74 Å². The number of carbonyl (C=O) groups is 1. The Balaban J connectivity index is 2.21. The molecule has 1 aromatic carbocycles. The predicted molar refractivity (Wildman–Crippen MR) is 70.6 cm³/mol. The van der Waals surface area contributed by atoms with Crippen molar-refractivity contribution in [2.45, 2.75) is 32.6 Å². The molecule has 0 spiro atoms. The summed E-state index contributed by atoms with van der Waals surface area (Å²) in [6, 6.07) is 7.45. The van der Waals surface area contributed by atoms with E-state index >= 15 is 0 Å². The van der Waals surface area contributed by atoms with Crippen molar-refractivity contribution >= 4 is 17.6 Å². The molecule has 0 aliphatic heterocycles. The first-order valence-corrected chi connectivity index (χ1v) is 6.57. The summed E-state index contributed by atoms with van der Waals surface area (Å²) in [5.74, 6) is 0.481. The molecule has 0 saturated carbocycles. The second-order valence-electron chi connectivity index (χ2n) is 4.11. The summed E-state index contributed by atoms with van der Waals surface area (Å²) < 4.78 is 5.19. The minimum atomic E-state index is -0.231. The topological polar surface area (TPSA) is 26.3 Å². The quantitative estimate of drug-likeness (QED) is 0.418. The number of halogens is 1. The molecule has 0 atom stereocenters. The van der Waals surface area contributed by atoms with E-state index in [0.29, 0.717) is 18.1 Å². The molecule has 0 heterocycles. The molecule has 0 aromatic heterocycles. The van der Waals surface area contributed by atoms with E-state index in [0.717, 1.165) is 31.2 Å². The molecule has 0 N–H and O–H groups in total. The lowest BCUT2D eigenvalue weighted by Crippen LogP contribution is -2.06. The van der Waals surface area contributed by atoms with E-state index in [1.807, 2.05) is 25.1 Å². The lowest BCUT2D eigenvalue weighted by Gasteiger charge is -2.05. The summed E-state index contributed by atoms with van der Waals surface area (Å²) in [6.07, 6.45) is 4.11. The first-order chi connectivity index (χ1) is 8.24. The van der Waals surface area contributed by atoms with Crippen molar-refractivity contribution in [3.05, 3.63) is 35.4 Å². The van der Waals surface area contributed by atoms with Crippen LogP contribution < -0.4 is 0 Å². The van der Waals surface area contributed by atoms with E-state index in [4.69, 9.17) is 16.3 Å². The van der Waals surface area contributed by atoms with Crippen molar-refractivity contribution in [1.82, 2.24) is 0 Å². The maximum atomic E-state index is 11.6. The summed E-state index contributed by atoms with van der Waals surface area (Å²) in [5, 5.41) is 0. The smallest absolute Gasteiger partial charge is 0.338 e. The van der Waals surface area contributed by atoms with Gasteiger partial charge in [-0.1, -0.05) is 30.5 Å². The standard InChI is InChI=1S/C14H19ClO2/c1-12-7-6-8-13(11-12)14(16)17-10-5-3-2-4-9-15/h6-8,11H,2-5,9-10H2,1H3. The normalized spacial score (nSPS) is 10.2. The molecule has 3 heteroatoms. The van der Waals surface area contributed by atoms with Gasteiger partial charge in [-0.3, -0.25) is 0 Å². The minimum absolute atomic E-state index is 0.231. The van der Waals surface area contributed by atoms with Gasteiger partial charge in [0.15, 0.2) is 0 Å². The molecule has 1 rings (SSSR count). The maximum Gasteiger partial charge on any atom is 0.338 e. The van der Waals surface area contributed by atoms with Gasteiger partial charge in [-0.15, -0.1) is 11.6 Å². The zero-order chi connectivity index (χ0) is 12.5. The highest BCUT2D eigenvalue weighted by Crippen LogP contribution is 2.07. The molecule has 2 nitrogen and oxygen atoms in total. The van der Waals surface area contributed by atoms with Gasteiger partial charge in [0, 0.05) is 5.88 Å². The highest BCUT2D eigenvalue weighted by Gasteiger charge is 2.05. The van der Waals surface area contributed by atoms with Crippen molar-refractivity contribution in [2.75, 3.05) is 12.5 Å². The minimum Gasteiger partial charge on any atom is -0.462 e. The van der Waals surface area contributed by atoms with Crippen molar-refractivity contribution in [3.63, 3.8) is 0 Å². The molecule has 0 radical (unpaired) electrons. The molecule has 17 heavy (non-hydrogen) atoms. The van der Waals surface area contributed by atoms with Crippen LogP contribution in [-0.4, -0.2) is 18.5 Å². The second kappa shape index (κ2) is 8.13. The van der Waals surface area contributed by atoms with Crippen LogP contribution in [0.2, 0.25) is 0 Å². The summed E-state index contributed by atoms with van der Waals surface area (Å²) in [4.78, 5) is 11.6. The number of rotatable bonds is 7. The van der Waals surface area contributed by atoms with E-state index in [-0.39, 0.29) is 5.97 Å². The van der Waals surface area contributed by atoms with E-state index in [9.17, 15) is 4.79 Å². The monoisotopic (exact) mass is 254 g/mol. The van der Waals surface area contributed by atoms with Gasteiger partial charge in [-0.2, -0.15) is 0 Å². The number of ether oxygens (including phenoxy) is 1. The number of hydrogen-bond acceptors (Lipinski definition) is 2. The number of unbranched alkanes of at least 4 members (excludes halogenated alkanes) is 3. The SMILES string of the molecule is Cc1cccc(C(=O)OCCCCCCCl)c1. The number of alkyl halides is 1. The highest BCUT2D eigenvalue weighted by molar-refractivity contribution is 6.17. The molecule has 0 aliphatic carbocycles. The zero-order valence-electron chi connectivity index (χ0n) is 10.2. The van der Waals surface area contributed by atoms with Crippen LogP contribution in [-0.2, 0) is 4.74 Å². The van der Waals surface area contributed by atoms with E-state index in [1.54, 1.807) is 6.07 Å². The summed E-state index contributed by atoms with van der Waals surface area (Å²) >= 11 is 5.57. The van der Waals surface area contributed by atoms with Gasteiger partial charge >= 0.3 is 5.97 Å². The molecule has 0 aliphatic rings. The summed E-state index contributed by atoms with van der Waals surface area (Å²) in [6.45, 7) is 2.46. The van der Waals surface area contributed by atoms with Gasteiger partial charge in [-0.25, -0.2) is 4.79 Å². The molecule has 0 unspecified atom stereocenters. The number of benzene rings is 1. The summed E-state index contributed by atoms with van der Waals surface area (Å²) in [7, 11) is 0. The maximum absolute atomic E-state index is 11.6. The molecule has 0 bridgehead atoms. The Labute approximate surface area is 108 Å².